The van der Waals surface area contributed by atoms with E-state index in [0.717, 1.165) is 29.0 Å². The number of nitrogens with one attached hydrogen (secondary N) is 1. The van der Waals surface area contributed by atoms with Gasteiger partial charge in [0.05, 0.1) is 6.61 Å². The van der Waals surface area contributed by atoms with Crippen LogP contribution >= 0.6 is 0 Å². The number of benzene rings is 2. The van der Waals surface area contributed by atoms with Crippen LogP contribution in [0.4, 0.5) is 0 Å². The molecule has 154 valence electrons. The standard InChI is InChI=1S/C25H26N2O3/c1-2-26-25(28)20-10-8-19(9-11-20)16-29-23-5-3-4-21(14-23)22-12-13-24(27-15-22)30-17-18-6-7-18/h3-5,8-15,18H,2,6-7,16-17H2,1H3,(H,26,28). The van der Waals surface area contributed by atoms with E-state index >= 15 is 0 Å². The number of aromatic nitrogens is 1. The Morgan fingerprint density at radius 1 is 1.03 bits per heavy atom. The zero-order valence-electron chi connectivity index (χ0n) is 17.1. The van der Waals surface area contributed by atoms with Gasteiger partial charge < -0.3 is 14.8 Å². The molecule has 0 spiro atoms. The smallest absolute Gasteiger partial charge is 0.251 e. The van der Waals surface area contributed by atoms with Crippen LogP contribution in [-0.4, -0.2) is 24.0 Å². The van der Waals surface area contributed by atoms with Gasteiger partial charge in [0.2, 0.25) is 5.88 Å². The molecule has 1 aliphatic carbocycles. The van der Waals surface area contributed by atoms with Crippen molar-refractivity contribution >= 4 is 5.91 Å². The Kier molecular flexibility index (Phi) is 6.28. The molecule has 0 unspecified atom stereocenters. The summed E-state index contributed by atoms with van der Waals surface area (Å²) in [6.07, 6.45) is 4.37. The van der Waals surface area contributed by atoms with Crippen LogP contribution in [0, 0.1) is 5.92 Å². The van der Waals surface area contributed by atoms with Crippen LogP contribution in [0.1, 0.15) is 35.7 Å². The molecule has 1 saturated carbocycles. The van der Waals surface area contributed by atoms with E-state index in [9.17, 15) is 4.79 Å². The van der Waals surface area contributed by atoms with Crippen molar-refractivity contribution in [3.8, 4) is 22.8 Å². The van der Waals surface area contributed by atoms with Crippen LogP contribution in [0.15, 0.2) is 66.9 Å². The van der Waals surface area contributed by atoms with Gasteiger partial charge >= 0.3 is 0 Å². The van der Waals surface area contributed by atoms with Crippen LogP contribution in [0.25, 0.3) is 11.1 Å². The average molecular weight is 402 g/mol. The summed E-state index contributed by atoms with van der Waals surface area (Å²) in [5, 5.41) is 2.80. The minimum atomic E-state index is -0.0600. The molecule has 4 rings (SSSR count). The lowest BCUT2D eigenvalue weighted by Gasteiger charge is -2.10. The predicted molar refractivity (Wildman–Crippen MR) is 117 cm³/mol. The molecule has 1 heterocycles. The predicted octanol–water partition coefficient (Wildman–Crippen LogP) is 4.87. The van der Waals surface area contributed by atoms with Gasteiger partial charge in [0.25, 0.3) is 5.91 Å². The summed E-state index contributed by atoms with van der Waals surface area (Å²) < 4.78 is 11.7. The molecule has 1 N–H and O–H groups in total. The molecule has 1 aliphatic rings. The highest BCUT2D eigenvalue weighted by atomic mass is 16.5. The Hall–Kier alpha value is -3.34. The minimum absolute atomic E-state index is 0.0600. The second kappa shape index (κ2) is 9.44. The van der Waals surface area contributed by atoms with E-state index in [0.29, 0.717) is 30.5 Å². The molecule has 2 aromatic carbocycles. The maximum absolute atomic E-state index is 11.8. The van der Waals surface area contributed by atoms with Gasteiger partial charge in [0.15, 0.2) is 0 Å². The molecule has 3 aromatic rings. The molecular weight excluding hydrogens is 376 g/mol. The highest BCUT2D eigenvalue weighted by Gasteiger charge is 2.22. The van der Waals surface area contributed by atoms with Crippen LogP contribution < -0.4 is 14.8 Å². The number of amides is 1. The minimum Gasteiger partial charge on any atom is -0.489 e. The van der Waals surface area contributed by atoms with Crippen molar-refractivity contribution in [2.75, 3.05) is 13.2 Å². The first-order valence-corrected chi connectivity index (χ1v) is 10.4. The zero-order chi connectivity index (χ0) is 20.8. The quantitative estimate of drug-likeness (QED) is 0.555. The van der Waals surface area contributed by atoms with E-state index in [4.69, 9.17) is 9.47 Å². The van der Waals surface area contributed by atoms with E-state index in [1.807, 2.05) is 73.8 Å². The lowest BCUT2D eigenvalue weighted by Crippen LogP contribution is -2.22. The first-order chi connectivity index (χ1) is 14.7. The first kappa shape index (κ1) is 20.0. The Labute approximate surface area is 177 Å². The molecule has 5 nitrogen and oxygen atoms in total. The second-order valence-electron chi connectivity index (χ2n) is 7.51. The summed E-state index contributed by atoms with van der Waals surface area (Å²) in [5.41, 5.74) is 3.72. The molecule has 0 atom stereocenters. The van der Waals surface area contributed by atoms with Crippen molar-refractivity contribution in [3.63, 3.8) is 0 Å². The number of nitrogens with zero attached hydrogens (tertiary/aromatic N) is 1. The topological polar surface area (TPSA) is 60.5 Å². The fourth-order valence-corrected chi connectivity index (χ4v) is 3.07. The lowest BCUT2D eigenvalue weighted by atomic mass is 10.1. The molecule has 1 aromatic heterocycles. The van der Waals surface area contributed by atoms with Gasteiger partial charge in [-0.05, 0) is 67.1 Å². The lowest BCUT2D eigenvalue weighted by molar-refractivity contribution is 0.0955. The number of hydrogen-bond donors (Lipinski definition) is 1. The number of hydrogen-bond acceptors (Lipinski definition) is 4. The SMILES string of the molecule is CCNC(=O)c1ccc(COc2cccc(-c3ccc(OCC4CC4)nc3)c2)cc1. The van der Waals surface area contributed by atoms with E-state index < -0.39 is 0 Å². The van der Waals surface area contributed by atoms with Crippen LogP contribution in [0.5, 0.6) is 11.6 Å². The number of carbonyl (C=O) groups excluding carboxylic acids is 1. The first-order valence-electron chi connectivity index (χ1n) is 10.4. The van der Waals surface area contributed by atoms with Gasteiger partial charge in [-0.15, -0.1) is 0 Å². The van der Waals surface area contributed by atoms with Crippen molar-refractivity contribution in [3.05, 3.63) is 78.0 Å². The van der Waals surface area contributed by atoms with Crippen molar-refractivity contribution in [2.24, 2.45) is 5.92 Å². The normalized spacial score (nSPS) is 13.0. The maximum Gasteiger partial charge on any atom is 0.251 e. The van der Waals surface area contributed by atoms with Crippen molar-refractivity contribution < 1.29 is 14.3 Å². The molecule has 0 saturated heterocycles. The van der Waals surface area contributed by atoms with E-state index in [-0.39, 0.29) is 5.91 Å². The van der Waals surface area contributed by atoms with Crippen molar-refractivity contribution in [1.29, 1.82) is 0 Å². The summed E-state index contributed by atoms with van der Waals surface area (Å²) in [6.45, 7) is 3.72. The van der Waals surface area contributed by atoms with Gasteiger partial charge in [-0.1, -0.05) is 24.3 Å². The number of rotatable bonds is 9. The number of pyridine rings is 1. The van der Waals surface area contributed by atoms with Crippen molar-refractivity contribution in [2.45, 2.75) is 26.4 Å². The maximum atomic E-state index is 11.8. The Balaban J connectivity index is 1.35. The summed E-state index contributed by atoms with van der Waals surface area (Å²) in [6, 6.07) is 19.4. The highest BCUT2D eigenvalue weighted by molar-refractivity contribution is 5.94. The van der Waals surface area contributed by atoms with Crippen LogP contribution in [-0.2, 0) is 6.61 Å². The fraction of sp³-hybridized carbons (Fsp3) is 0.280. The molecule has 30 heavy (non-hydrogen) atoms. The molecule has 0 aliphatic heterocycles. The fourth-order valence-electron chi connectivity index (χ4n) is 3.07. The monoisotopic (exact) mass is 402 g/mol. The van der Waals surface area contributed by atoms with Crippen molar-refractivity contribution in [1.82, 2.24) is 10.3 Å². The average Bonchev–Trinajstić information content (AvgIpc) is 3.62. The zero-order valence-corrected chi connectivity index (χ0v) is 17.1. The van der Waals surface area contributed by atoms with Crippen LogP contribution in [0.3, 0.4) is 0 Å². The Morgan fingerprint density at radius 3 is 2.57 bits per heavy atom. The Bertz CT molecular complexity index is 980. The van der Waals surface area contributed by atoms with Gasteiger partial charge in [0, 0.05) is 29.9 Å². The van der Waals surface area contributed by atoms with E-state index in [1.165, 1.54) is 12.8 Å². The van der Waals surface area contributed by atoms with Gasteiger partial charge in [0.1, 0.15) is 12.4 Å². The van der Waals surface area contributed by atoms with E-state index in [2.05, 4.69) is 10.3 Å². The van der Waals surface area contributed by atoms with E-state index in [1.54, 1.807) is 0 Å². The molecule has 5 heteroatoms. The molecule has 1 amide bonds. The molecule has 1 fully saturated rings. The summed E-state index contributed by atoms with van der Waals surface area (Å²) >= 11 is 0. The van der Waals surface area contributed by atoms with Gasteiger partial charge in [-0.3, -0.25) is 4.79 Å². The summed E-state index contributed by atoms with van der Waals surface area (Å²) in [4.78, 5) is 16.3. The third kappa shape index (κ3) is 5.38. The Morgan fingerprint density at radius 2 is 1.87 bits per heavy atom. The van der Waals surface area contributed by atoms with Crippen LogP contribution in [0.2, 0.25) is 0 Å². The summed E-state index contributed by atoms with van der Waals surface area (Å²) in [5.74, 6) is 2.11. The second-order valence-corrected chi connectivity index (χ2v) is 7.51. The molecule has 0 radical (unpaired) electrons. The number of ether oxygens (including phenoxy) is 2. The van der Waals surface area contributed by atoms with Gasteiger partial charge in [-0.2, -0.15) is 0 Å². The third-order valence-corrected chi connectivity index (χ3v) is 5.03. The summed E-state index contributed by atoms with van der Waals surface area (Å²) in [7, 11) is 0. The third-order valence-electron chi connectivity index (χ3n) is 5.03. The molecule has 0 bridgehead atoms. The highest BCUT2D eigenvalue weighted by Crippen LogP contribution is 2.30. The largest absolute Gasteiger partial charge is 0.489 e. The number of carbonyl (C=O) groups is 1. The van der Waals surface area contributed by atoms with Gasteiger partial charge in [-0.25, -0.2) is 4.98 Å². The molecular formula is C25H26N2O3.